The quantitative estimate of drug-likeness (QED) is 0.132. The van der Waals surface area contributed by atoms with Gasteiger partial charge in [-0.05, 0) is 31.2 Å². The Morgan fingerprint density at radius 1 is 0.636 bits per heavy atom. The Balaban J connectivity index is 1.46. The Kier molecular flexibility index (Phi) is 15.8. The molecule has 1 aromatic carbocycles. The minimum absolute atomic E-state index is 1.12. The molecule has 2 nitrogen and oxygen atoms in total. The molecular weight excluding hydrogens is 400 g/mol. The molecule has 0 atom stereocenters. The average molecular weight is 454 g/mol. The molecule has 2 heteroatoms. The van der Waals surface area contributed by atoms with Crippen molar-refractivity contribution in [3.8, 4) is 0 Å². The minimum Gasteiger partial charge on any atom is -0.234 e. The molecule has 1 heterocycles. The monoisotopic (exact) mass is 453 g/mol. The summed E-state index contributed by atoms with van der Waals surface area (Å²) < 4.78 is 4.99. The molecule has 0 aliphatic rings. The number of hydrogen-bond acceptors (Lipinski definition) is 0. The highest BCUT2D eigenvalue weighted by atomic mass is 15.1. The van der Waals surface area contributed by atoms with Gasteiger partial charge in [-0.2, -0.15) is 0 Å². The lowest BCUT2D eigenvalue weighted by Gasteiger charge is -2.05. The molecule has 0 saturated carbocycles. The number of imidazole rings is 1. The van der Waals surface area contributed by atoms with Crippen molar-refractivity contribution in [2.45, 2.75) is 143 Å². The summed E-state index contributed by atoms with van der Waals surface area (Å²) in [6.45, 7) is 6.91. The first kappa shape index (κ1) is 27.7. The molecule has 2 rings (SSSR count). The molecular formula is C31H53N2+. The second kappa shape index (κ2) is 18.8. The van der Waals surface area contributed by atoms with E-state index in [4.69, 9.17) is 0 Å². The molecule has 2 aromatic rings. The fourth-order valence-corrected chi connectivity index (χ4v) is 5.06. The van der Waals surface area contributed by atoms with E-state index in [-0.39, 0.29) is 0 Å². The van der Waals surface area contributed by atoms with E-state index < -0.39 is 0 Å². The first-order valence-corrected chi connectivity index (χ1v) is 14.5. The Hall–Kier alpha value is -1.57. The molecule has 0 radical (unpaired) electrons. The standard InChI is InChI=1S/C31H53N2/c1-3-5-6-7-8-9-10-11-12-13-14-15-16-17-21-26-32-28-29-33(31(32)4-2)27-22-25-30-23-19-18-20-24-30/h18-20,23-24,28-29H,3-17,21-22,25-27H2,1-2H3/q+1. The van der Waals surface area contributed by atoms with Gasteiger partial charge in [0.05, 0.1) is 13.1 Å². The van der Waals surface area contributed by atoms with Gasteiger partial charge in [0, 0.05) is 6.42 Å². The van der Waals surface area contributed by atoms with Crippen LogP contribution in [-0.2, 0) is 25.9 Å². The van der Waals surface area contributed by atoms with Crippen LogP contribution in [0.5, 0.6) is 0 Å². The number of aromatic nitrogens is 2. The van der Waals surface area contributed by atoms with Crippen LogP contribution >= 0.6 is 0 Å². The smallest absolute Gasteiger partial charge is 0.234 e. The molecule has 0 amide bonds. The summed E-state index contributed by atoms with van der Waals surface area (Å²) in [6, 6.07) is 10.9. The highest BCUT2D eigenvalue weighted by molar-refractivity contribution is 5.14. The van der Waals surface area contributed by atoms with Crippen LogP contribution in [0.1, 0.15) is 128 Å². The fourth-order valence-electron chi connectivity index (χ4n) is 5.06. The molecule has 0 unspecified atom stereocenters. The van der Waals surface area contributed by atoms with E-state index in [2.05, 4.69) is 65.7 Å². The first-order chi connectivity index (χ1) is 16.3. The second-order valence-electron chi connectivity index (χ2n) is 9.99. The van der Waals surface area contributed by atoms with Crippen LogP contribution in [0.2, 0.25) is 0 Å². The molecule has 0 aliphatic carbocycles. The highest BCUT2D eigenvalue weighted by Crippen LogP contribution is 2.14. The molecule has 0 fully saturated rings. The lowest BCUT2D eigenvalue weighted by molar-refractivity contribution is -0.704. The lowest BCUT2D eigenvalue weighted by atomic mass is 10.0. The number of aryl methyl sites for hydroxylation is 3. The topological polar surface area (TPSA) is 8.81 Å². The SMILES string of the molecule is CCCCCCCCCCCCCCCCCn1cc[n+](CCCc2ccccc2)c1CC. The summed E-state index contributed by atoms with van der Waals surface area (Å²) in [7, 11) is 0. The number of nitrogens with zero attached hydrogens (tertiary/aromatic N) is 2. The van der Waals surface area contributed by atoms with Crippen molar-refractivity contribution in [2.75, 3.05) is 0 Å². The summed E-state index contributed by atoms with van der Waals surface area (Å²) in [5.74, 6) is 1.49. The van der Waals surface area contributed by atoms with Gasteiger partial charge < -0.3 is 0 Å². The van der Waals surface area contributed by atoms with Crippen LogP contribution in [0.15, 0.2) is 42.7 Å². The van der Waals surface area contributed by atoms with Gasteiger partial charge >= 0.3 is 0 Å². The van der Waals surface area contributed by atoms with Crippen molar-refractivity contribution in [3.05, 3.63) is 54.1 Å². The predicted octanol–water partition coefficient (Wildman–Crippen LogP) is 8.84. The Morgan fingerprint density at radius 3 is 1.73 bits per heavy atom. The van der Waals surface area contributed by atoms with E-state index >= 15 is 0 Å². The zero-order valence-electron chi connectivity index (χ0n) is 22.1. The van der Waals surface area contributed by atoms with Gasteiger partial charge in [-0.3, -0.25) is 0 Å². The zero-order chi connectivity index (χ0) is 23.4. The van der Waals surface area contributed by atoms with Gasteiger partial charge in [0.2, 0.25) is 0 Å². The predicted molar refractivity (Wildman–Crippen MR) is 144 cm³/mol. The van der Waals surface area contributed by atoms with Gasteiger partial charge in [-0.25, -0.2) is 9.13 Å². The summed E-state index contributed by atoms with van der Waals surface area (Å²) >= 11 is 0. The Bertz CT molecular complexity index is 688. The van der Waals surface area contributed by atoms with Crippen molar-refractivity contribution in [1.29, 1.82) is 0 Å². The Labute approximate surface area is 205 Å². The van der Waals surface area contributed by atoms with Gasteiger partial charge in [-0.1, -0.05) is 128 Å². The number of rotatable bonds is 21. The van der Waals surface area contributed by atoms with Crippen LogP contribution in [0.25, 0.3) is 0 Å². The maximum Gasteiger partial charge on any atom is 0.256 e. The number of benzene rings is 1. The van der Waals surface area contributed by atoms with Crippen molar-refractivity contribution in [3.63, 3.8) is 0 Å². The van der Waals surface area contributed by atoms with Crippen LogP contribution in [0.4, 0.5) is 0 Å². The van der Waals surface area contributed by atoms with Crippen LogP contribution in [-0.4, -0.2) is 4.57 Å². The molecule has 1 aromatic heterocycles. The summed E-state index contributed by atoms with van der Waals surface area (Å²) in [5, 5.41) is 0. The van der Waals surface area contributed by atoms with Crippen molar-refractivity contribution >= 4 is 0 Å². The average Bonchev–Trinajstić information content (AvgIpc) is 3.23. The zero-order valence-corrected chi connectivity index (χ0v) is 22.1. The van der Waals surface area contributed by atoms with Crippen molar-refractivity contribution in [2.24, 2.45) is 0 Å². The van der Waals surface area contributed by atoms with Crippen molar-refractivity contribution in [1.82, 2.24) is 4.57 Å². The van der Waals surface area contributed by atoms with Crippen LogP contribution in [0.3, 0.4) is 0 Å². The van der Waals surface area contributed by atoms with Gasteiger partial charge in [0.1, 0.15) is 12.4 Å². The maximum atomic E-state index is 2.50. The van der Waals surface area contributed by atoms with Crippen LogP contribution < -0.4 is 4.57 Å². The van der Waals surface area contributed by atoms with E-state index in [1.807, 2.05) is 0 Å². The minimum atomic E-state index is 1.12. The van der Waals surface area contributed by atoms with E-state index in [0.717, 1.165) is 13.0 Å². The normalized spacial score (nSPS) is 11.3. The molecule has 0 saturated heterocycles. The van der Waals surface area contributed by atoms with Crippen molar-refractivity contribution < 1.29 is 4.57 Å². The first-order valence-electron chi connectivity index (χ1n) is 14.5. The van der Waals surface area contributed by atoms with Gasteiger partial charge in [0.15, 0.2) is 0 Å². The maximum absolute atomic E-state index is 2.50. The summed E-state index contributed by atoms with van der Waals surface area (Å²) in [6.07, 6.45) is 29.6. The third kappa shape index (κ3) is 12.5. The molecule has 0 spiro atoms. The van der Waals surface area contributed by atoms with E-state index in [1.54, 1.807) is 0 Å². The third-order valence-electron chi connectivity index (χ3n) is 7.12. The van der Waals surface area contributed by atoms with Gasteiger partial charge in [0.25, 0.3) is 5.82 Å². The largest absolute Gasteiger partial charge is 0.256 e. The molecule has 0 N–H and O–H groups in total. The lowest BCUT2D eigenvalue weighted by Crippen LogP contribution is -2.37. The second-order valence-corrected chi connectivity index (χ2v) is 9.99. The van der Waals surface area contributed by atoms with Gasteiger partial charge in [-0.15, -0.1) is 0 Å². The summed E-state index contributed by atoms with van der Waals surface area (Å²) in [4.78, 5) is 0. The molecule has 0 aliphatic heterocycles. The molecule has 186 valence electrons. The van der Waals surface area contributed by atoms with E-state index in [1.165, 1.54) is 127 Å². The number of unbranched alkanes of at least 4 members (excludes halogenated alkanes) is 14. The molecule has 33 heavy (non-hydrogen) atoms. The van der Waals surface area contributed by atoms with E-state index in [0.29, 0.717) is 0 Å². The van der Waals surface area contributed by atoms with E-state index in [9.17, 15) is 0 Å². The highest BCUT2D eigenvalue weighted by Gasteiger charge is 2.14. The van der Waals surface area contributed by atoms with Crippen LogP contribution in [0, 0.1) is 0 Å². The summed E-state index contributed by atoms with van der Waals surface area (Å²) in [5.41, 5.74) is 1.45. The molecule has 0 bridgehead atoms. The Morgan fingerprint density at radius 2 is 1.18 bits per heavy atom. The fraction of sp³-hybridized carbons (Fsp3) is 0.710. The third-order valence-corrected chi connectivity index (χ3v) is 7.12. The number of hydrogen-bond donors (Lipinski definition) is 0.